The van der Waals surface area contributed by atoms with Crippen LogP contribution in [-0.4, -0.2) is 46.5 Å². The summed E-state index contributed by atoms with van der Waals surface area (Å²) in [5.74, 6) is -2.79. The van der Waals surface area contributed by atoms with Crippen LogP contribution < -0.4 is 4.74 Å². The zero-order chi connectivity index (χ0) is 26.9. The van der Waals surface area contributed by atoms with E-state index in [1.54, 1.807) is 19.1 Å². The number of aromatic hydroxyl groups is 1. The molecule has 4 atom stereocenters. The fourth-order valence-electron chi connectivity index (χ4n) is 7.40. The largest absolute Gasteiger partial charge is 0.503 e. The number of phenolic OH excluding ortho intramolecular Hbond substituents is 1. The van der Waals surface area contributed by atoms with Gasteiger partial charge in [0.05, 0.1) is 24.0 Å². The molecular weight excluding hydrogens is 506 g/mol. The van der Waals surface area contributed by atoms with E-state index < -0.39 is 17.8 Å². The standard InChI is InChI=1S/C30H30ClNO6/c1-14-10-22(33)26-20(27(14)34)13-19-17(24(26)15-11-21(31)28(35)23(12-15)38-2)8-9-18-25(19)30(37)32(29(18)36)16-6-4-3-5-7-16/h8,10-12,16,18-19,24-25,35H,3-7,9,13H2,1-2H3. The first kappa shape index (κ1) is 25.1. The molecule has 6 rings (SSSR count). The number of hydrogen-bond donors (Lipinski definition) is 1. The Hall–Kier alpha value is -3.19. The van der Waals surface area contributed by atoms with Crippen molar-refractivity contribution in [3.05, 3.63) is 57.2 Å². The van der Waals surface area contributed by atoms with Gasteiger partial charge >= 0.3 is 0 Å². The molecule has 0 radical (unpaired) electrons. The van der Waals surface area contributed by atoms with E-state index in [4.69, 9.17) is 16.3 Å². The summed E-state index contributed by atoms with van der Waals surface area (Å²) < 4.78 is 5.34. The summed E-state index contributed by atoms with van der Waals surface area (Å²) in [6, 6.07) is 3.16. The average Bonchev–Trinajstić information content (AvgIpc) is 3.17. The number of halogens is 1. The molecule has 1 saturated heterocycles. The van der Waals surface area contributed by atoms with Crippen LogP contribution in [0.2, 0.25) is 5.02 Å². The molecule has 5 aliphatic rings. The SMILES string of the molecule is COc1cc(C2C3=CCC4C(=O)N(C5CCCCC5)C(=O)C4C3CC3=C2C(=O)C=C(C)C3=O)cc(Cl)c1O. The lowest BCUT2D eigenvalue weighted by Crippen LogP contribution is -2.43. The maximum atomic E-state index is 13.9. The Morgan fingerprint density at radius 1 is 1.03 bits per heavy atom. The van der Waals surface area contributed by atoms with E-state index in [-0.39, 0.29) is 58.3 Å². The average molecular weight is 536 g/mol. The monoisotopic (exact) mass is 535 g/mol. The normalized spacial score (nSPS) is 29.6. The number of methoxy groups -OCH3 is 1. The topological polar surface area (TPSA) is 101 Å². The highest BCUT2D eigenvalue weighted by atomic mass is 35.5. The Kier molecular flexibility index (Phi) is 6.10. The van der Waals surface area contributed by atoms with Gasteiger partial charge in [-0.05, 0) is 62.3 Å². The van der Waals surface area contributed by atoms with Gasteiger partial charge in [-0.1, -0.05) is 42.5 Å². The van der Waals surface area contributed by atoms with Crippen LogP contribution in [0.3, 0.4) is 0 Å². The van der Waals surface area contributed by atoms with Crippen molar-refractivity contribution in [1.82, 2.24) is 4.90 Å². The molecular formula is C30H30ClNO6. The molecule has 0 spiro atoms. The van der Waals surface area contributed by atoms with E-state index in [1.807, 2.05) is 6.08 Å². The molecule has 0 aromatic heterocycles. The van der Waals surface area contributed by atoms with Crippen molar-refractivity contribution >= 4 is 35.0 Å². The number of benzene rings is 1. The van der Waals surface area contributed by atoms with Crippen LogP contribution in [0.5, 0.6) is 11.5 Å². The van der Waals surface area contributed by atoms with Crippen molar-refractivity contribution in [1.29, 1.82) is 0 Å². The minimum Gasteiger partial charge on any atom is -0.503 e. The van der Waals surface area contributed by atoms with Crippen molar-refractivity contribution in [2.45, 2.75) is 63.8 Å². The molecule has 7 nitrogen and oxygen atoms in total. The lowest BCUT2D eigenvalue weighted by atomic mass is 9.59. The van der Waals surface area contributed by atoms with Gasteiger partial charge in [0.25, 0.3) is 0 Å². The summed E-state index contributed by atoms with van der Waals surface area (Å²) in [5, 5.41) is 10.4. The molecule has 0 bridgehead atoms. The Balaban J connectivity index is 1.49. The van der Waals surface area contributed by atoms with Crippen LogP contribution >= 0.6 is 11.6 Å². The van der Waals surface area contributed by atoms with E-state index in [0.29, 0.717) is 28.7 Å². The quantitative estimate of drug-likeness (QED) is 0.338. The number of hydrogen-bond acceptors (Lipinski definition) is 6. The molecule has 38 heavy (non-hydrogen) atoms. The van der Waals surface area contributed by atoms with Crippen molar-refractivity contribution in [2.24, 2.45) is 17.8 Å². The van der Waals surface area contributed by atoms with Crippen LogP contribution in [0, 0.1) is 17.8 Å². The second kappa shape index (κ2) is 9.23. The number of rotatable bonds is 3. The van der Waals surface area contributed by atoms with E-state index in [9.17, 15) is 24.3 Å². The Labute approximate surface area is 226 Å². The van der Waals surface area contributed by atoms with Crippen molar-refractivity contribution in [3.8, 4) is 11.5 Å². The first-order chi connectivity index (χ1) is 18.2. The van der Waals surface area contributed by atoms with Gasteiger partial charge in [0.1, 0.15) is 0 Å². The second-order valence-electron chi connectivity index (χ2n) is 11.1. The lowest BCUT2D eigenvalue weighted by molar-refractivity contribution is -0.143. The fraction of sp³-hybridized carbons (Fsp3) is 0.467. The number of carbonyl (C=O) groups is 4. The van der Waals surface area contributed by atoms with E-state index >= 15 is 0 Å². The molecule has 1 aromatic carbocycles. The van der Waals surface area contributed by atoms with Gasteiger partial charge in [-0.3, -0.25) is 24.1 Å². The number of Topliss-reactive ketones (excluding diaryl/α,β-unsaturated/α-hetero) is 1. The molecule has 1 N–H and O–H groups in total. The summed E-state index contributed by atoms with van der Waals surface area (Å²) in [5.41, 5.74) is 2.61. The van der Waals surface area contributed by atoms with Crippen LogP contribution in [0.4, 0.5) is 0 Å². The predicted molar refractivity (Wildman–Crippen MR) is 140 cm³/mol. The zero-order valence-electron chi connectivity index (χ0n) is 21.5. The van der Waals surface area contributed by atoms with Crippen LogP contribution in [0.15, 0.2) is 46.6 Å². The number of imide groups is 1. The number of fused-ring (bicyclic) bond motifs is 3. The first-order valence-corrected chi connectivity index (χ1v) is 13.7. The molecule has 1 aliphatic heterocycles. The van der Waals surface area contributed by atoms with Crippen LogP contribution in [0.25, 0.3) is 0 Å². The molecule has 1 heterocycles. The van der Waals surface area contributed by atoms with Gasteiger partial charge in [0.15, 0.2) is 23.1 Å². The second-order valence-corrected chi connectivity index (χ2v) is 11.5. The van der Waals surface area contributed by atoms with Crippen molar-refractivity contribution in [2.75, 3.05) is 7.11 Å². The number of likely N-dealkylation sites (tertiary alicyclic amines) is 1. The van der Waals surface area contributed by atoms with Gasteiger partial charge in [-0.2, -0.15) is 0 Å². The highest BCUT2D eigenvalue weighted by molar-refractivity contribution is 6.32. The number of carbonyl (C=O) groups excluding carboxylic acids is 4. The van der Waals surface area contributed by atoms with Gasteiger partial charge in [-0.15, -0.1) is 0 Å². The number of amides is 2. The third-order valence-corrected chi connectivity index (χ3v) is 9.43. The summed E-state index contributed by atoms with van der Waals surface area (Å²) in [6.07, 6.45) is 8.82. The highest BCUT2D eigenvalue weighted by Gasteiger charge is 2.57. The highest BCUT2D eigenvalue weighted by Crippen LogP contribution is 2.56. The number of ether oxygens (including phenoxy) is 1. The summed E-state index contributed by atoms with van der Waals surface area (Å²) in [4.78, 5) is 55.8. The maximum Gasteiger partial charge on any atom is 0.233 e. The van der Waals surface area contributed by atoms with Gasteiger partial charge in [0, 0.05) is 28.7 Å². The van der Waals surface area contributed by atoms with Crippen molar-refractivity contribution < 1.29 is 29.0 Å². The summed E-state index contributed by atoms with van der Waals surface area (Å²) >= 11 is 6.36. The smallest absolute Gasteiger partial charge is 0.233 e. The zero-order valence-corrected chi connectivity index (χ0v) is 22.2. The minimum atomic E-state index is -0.635. The van der Waals surface area contributed by atoms with Gasteiger partial charge < -0.3 is 9.84 Å². The van der Waals surface area contributed by atoms with E-state index in [1.165, 1.54) is 18.1 Å². The number of phenols is 1. The minimum absolute atomic E-state index is 0.0600. The molecule has 8 heteroatoms. The predicted octanol–water partition coefficient (Wildman–Crippen LogP) is 4.82. The maximum absolute atomic E-state index is 13.9. The third kappa shape index (κ3) is 3.62. The molecule has 1 aromatic rings. The van der Waals surface area contributed by atoms with Crippen LogP contribution in [0.1, 0.15) is 63.4 Å². The number of nitrogens with zero attached hydrogens (tertiary/aromatic N) is 1. The van der Waals surface area contributed by atoms with E-state index in [0.717, 1.165) is 37.7 Å². The van der Waals surface area contributed by atoms with Gasteiger partial charge in [0.2, 0.25) is 11.8 Å². The molecule has 4 unspecified atom stereocenters. The third-order valence-electron chi connectivity index (χ3n) is 9.14. The summed E-state index contributed by atoms with van der Waals surface area (Å²) in [6.45, 7) is 1.63. The van der Waals surface area contributed by atoms with Crippen molar-refractivity contribution in [3.63, 3.8) is 0 Å². The fourth-order valence-corrected chi connectivity index (χ4v) is 7.62. The van der Waals surface area contributed by atoms with Gasteiger partial charge in [-0.25, -0.2) is 0 Å². The molecule has 198 valence electrons. The lowest BCUT2D eigenvalue weighted by Gasteiger charge is -2.42. The summed E-state index contributed by atoms with van der Waals surface area (Å²) in [7, 11) is 1.41. The molecule has 1 saturated carbocycles. The Bertz CT molecular complexity index is 1380. The number of ketones is 2. The Morgan fingerprint density at radius 2 is 1.76 bits per heavy atom. The molecule has 2 fully saturated rings. The molecule has 2 amide bonds. The Morgan fingerprint density at radius 3 is 2.47 bits per heavy atom. The van der Waals surface area contributed by atoms with Crippen LogP contribution in [-0.2, 0) is 19.2 Å². The number of allylic oxidation sites excluding steroid dienone is 6. The first-order valence-electron chi connectivity index (χ1n) is 13.4. The molecule has 4 aliphatic carbocycles. The van der Waals surface area contributed by atoms with E-state index in [2.05, 4.69) is 0 Å².